The smallest absolute Gasteiger partial charge is 0.112 e. The molecule has 2 aromatic rings. The van der Waals surface area contributed by atoms with Gasteiger partial charge in [0.2, 0.25) is 0 Å². The number of fused-ring (bicyclic) bond motifs is 1. The number of hydrogen-bond acceptors (Lipinski definition) is 2. The van der Waals surface area contributed by atoms with Crippen molar-refractivity contribution in [2.45, 2.75) is 45.1 Å². The Labute approximate surface area is 120 Å². The van der Waals surface area contributed by atoms with Crippen LogP contribution in [0.4, 0.5) is 0 Å². The number of benzene rings is 1. The molecule has 1 aliphatic carbocycles. The summed E-state index contributed by atoms with van der Waals surface area (Å²) in [5.74, 6) is 1.78. The molecular formula is C17H23N3. The van der Waals surface area contributed by atoms with Gasteiger partial charge in [-0.25, -0.2) is 4.98 Å². The second kappa shape index (κ2) is 4.32. The maximum Gasteiger partial charge on any atom is 0.112 e. The Morgan fingerprint density at radius 2 is 2.05 bits per heavy atom. The zero-order valence-corrected chi connectivity index (χ0v) is 12.4. The molecule has 1 atom stereocenters. The standard InChI is InChI=1S/C17H23N3/c1-17(2)8-7-13(9-17)20-10-12(11-20)16-18-14-5-3-4-6-15(14)19-16/h3-6,12-13H,7-11H2,1-2H3,(H,18,19). The van der Waals surface area contributed by atoms with Crippen molar-refractivity contribution in [1.29, 1.82) is 0 Å². The van der Waals surface area contributed by atoms with Gasteiger partial charge in [-0.15, -0.1) is 0 Å². The van der Waals surface area contributed by atoms with Crippen LogP contribution in [0.25, 0.3) is 11.0 Å². The number of aromatic amines is 1. The highest BCUT2D eigenvalue weighted by atomic mass is 15.2. The molecule has 4 rings (SSSR count). The predicted molar refractivity (Wildman–Crippen MR) is 81.8 cm³/mol. The molecule has 0 amide bonds. The van der Waals surface area contributed by atoms with Crippen LogP contribution in [0.5, 0.6) is 0 Å². The van der Waals surface area contributed by atoms with Crippen molar-refractivity contribution in [2.24, 2.45) is 5.41 Å². The number of hydrogen-bond donors (Lipinski definition) is 1. The molecule has 2 fully saturated rings. The molecule has 1 aromatic heterocycles. The molecule has 1 saturated heterocycles. The zero-order valence-electron chi connectivity index (χ0n) is 12.4. The van der Waals surface area contributed by atoms with E-state index in [2.05, 4.69) is 48.0 Å². The lowest BCUT2D eigenvalue weighted by Gasteiger charge is -2.42. The number of H-pyrrole nitrogens is 1. The Balaban J connectivity index is 1.43. The van der Waals surface area contributed by atoms with Crippen molar-refractivity contribution in [1.82, 2.24) is 14.9 Å². The van der Waals surface area contributed by atoms with Gasteiger partial charge in [-0.3, -0.25) is 4.90 Å². The normalized spacial score (nSPS) is 27.0. The Hall–Kier alpha value is -1.35. The van der Waals surface area contributed by atoms with E-state index >= 15 is 0 Å². The molecule has 0 spiro atoms. The molecule has 0 bridgehead atoms. The minimum Gasteiger partial charge on any atom is -0.342 e. The first kappa shape index (κ1) is 12.4. The van der Waals surface area contributed by atoms with Crippen molar-refractivity contribution >= 4 is 11.0 Å². The van der Waals surface area contributed by atoms with Crippen LogP contribution in [0.15, 0.2) is 24.3 Å². The van der Waals surface area contributed by atoms with Crippen LogP contribution < -0.4 is 0 Å². The largest absolute Gasteiger partial charge is 0.342 e. The Kier molecular flexibility index (Phi) is 2.68. The van der Waals surface area contributed by atoms with Crippen molar-refractivity contribution in [3.8, 4) is 0 Å². The second-order valence-electron chi connectivity index (χ2n) is 7.35. The molecule has 1 unspecified atom stereocenters. The van der Waals surface area contributed by atoms with Crippen LogP contribution >= 0.6 is 0 Å². The highest BCUT2D eigenvalue weighted by molar-refractivity contribution is 5.74. The zero-order chi connectivity index (χ0) is 13.7. The Bertz CT molecular complexity index is 589. The van der Waals surface area contributed by atoms with Gasteiger partial charge in [0.1, 0.15) is 5.82 Å². The van der Waals surface area contributed by atoms with Crippen LogP contribution in [0.1, 0.15) is 44.9 Å². The molecule has 3 nitrogen and oxygen atoms in total. The van der Waals surface area contributed by atoms with Gasteiger partial charge in [-0.2, -0.15) is 0 Å². The molecule has 20 heavy (non-hydrogen) atoms. The van der Waals surface area contributed by atoms with Gasteiger partial charge in [0.05, 0.1) is 11.0 Å². The summed E-state index contributed by atoms with van der Waals surface area (Å²) < 4.78 is 0. The monoisotopic (exact) mass is 269 g/mol. The van der Waals surface area contributed by atoms with E-state index in [0.717, 1.165) is 11.6 Å². The Morgan fingerprint density at radius 1 is 1.25 bits per heavy atom. The second-order valence-corrected chi connectivity index (χ2v) is 7.35. The first-order chi connectivity index (χ1) is 9.61. The van der Waals surface area contributed by atoms with Crippen LogP contribution in [0.2, 0.25) is 0 Å². The molecule has 106 valence electrons. The third kappa shape index (κ3) is 2.05. The van der Waals surface area contributed by atoms with Crippen LogP contribution in [0, 0.1) is 5.41 Å². The maximum atomic E-state index is 4.74. The van der Waals surface area contributed by atoms with Gasteiger partial charge < -0.3 is 4.98 Å². The van der Waals surface area contributed by atoms with Gasteiger partial charge in [0, 0.05) is 25.0 Å². The number of rotatable bonds is 2. The van der Waals surface area contributed by atoms with Crippen molar-refractivity contribution in [3.05, 3.63) is 30.1 Å². The minimum atomic E-state index is 0.551. The first-order valence-electron chi connectivity index (χ1n) is 7.79. The first-order valence-corrected chi connectivity index (χ1v) is 7.79. The summed E-state index contributed by atoms with van der Waals surface area (Å²) >= 11 is 0. The summed E-state index contributed by atoms with van der Waals surface area (Å²) in [5.41, 5.74) is 2.82. The number of aromatic nitrogens is 2. The molecule has 1 aliphatic heterocycles. The van der Waals surface area contributed by atoms with E-state index in [-0.39, 0.29) is 0 Å². The van der Waals surface area contributed by atoms with Gasteiger partial charge >= 0.3 is 0 Å². The fourth-order valence-electron chi connectivity index (χ4n) is 3.86. The summed E-state index contributed by atoms with van der Waals surface area (Å²) in [4.78, 5) is 10.9. The molecule has 2 heterocycles. The Morgan fingerprint density at radius 3 is 2.75 bits per heavy atom. The summed E-state index contributed by atoms with van der Waals surface area (Å²) in [6.07, 6.45) is 4.11. The molecule has 2 aliphatic rings. The number of para-hydroxylation sites is 2. The van der Waals surface area contributed by atoms with Gasteiger partial charge in [0.25, 0.3) is 0 Å². The molecular weight excluding hydrogens is 246 g/mol. The predicted octanol–water partition coefficient (Wildman–Crippen LogP) is 3.54. The quantitative estimate of drug-likeness (QED) is 0.904. The lowest BCUT2D eigenvalue weighted by molar-refractivity contribution is 0.0851. The van der Waals surface area contributed by atoms with E-state index in [4.69, 9.17) is 4.98 Å². The van der Waals surface area contributed by atoms with E-state index < -0.39 is 0 Å². The number of imidazole rings is 1. The molecule has 0 radical (unpaired) electrons. The summed E-state index contributed by atoms with van der Waals surface area (Å²) in [5, 5.41) is 0. The van der Waals surface area contributed by atoms with E-state index in [1.165, 1.54) is 43.7 Å². The van der Waals surface area contributed by atoms with Gasteiger partial charge in [-0.05, 0) is 36.8 Å². The fourth-order valence-corrected chi connectivity index (χ4v) is 3.86. The van der Waals surface area contributed by atoms with Crippen LogP contribution in [0.3, 0.4) is 0 Å². The van der Waals surface area contributed by atoms with Crippen molar-refractivity contribution in [3.63, 3.8) is 0 Å². The summed E-state index contributed by atoms with van der Waals surface area (Å²) in [6.45, 7) is 7.17. The van der Waals surface area contributed by atoms with E-state index in [1.54, 1.807) is 0 Å². The fraction of sp³-hybridized carbons (Fsp3) is 0.588. The average molecular weight is 269 g/mol. The lowest BCUT2D eigenvalue weighted by atomic mass is 9.90. The average Bonchev–Trinajstić information content (AvgIpc) is 2.90. The highest BCUT2D eigenvalue weighted by Gasteiger charge is 2.40. The third-order valence-electron chi connectivity index (χ3n) is 5.16. The van der Waals surface area contributed by atoms with E-state index in [1.807, 2.05) is 0 Å². The lowest BCUT2D eigenvalue weighted by Crippen LogP contribution is -2.50. The summed E-state index contributed by atoms with van der Waals surface area (Å²) in [7, 11) is 0. The maximum absolute atomic E-state index is 4.74. The molecule has 1 saturated carbocycles. The topological polar surface area (TPSA) is 31.9 Å². The molecule has 1 N–H and O–H groups in total. The van der Waals surface area contributed by atoms with E-state index in [9.17, 15) is 0 Å². The molecule has 3 heteroatoms. The molecule has 1 aromatic carbocycles. The third-order valence-corrected chi connectivity index (χ3v) is 5.16. The summed E-state index contributed by atoms with van der Waals surface area (Å²) in [6, 6.07) is 9.14. The van der Waals surface area contributed by atoms with Gasteiger partial charge in [0.15, 0.2) is 0 Å². The van der Waals surface area contributed by atoms with Crippen LogP contribution in [-0.4, -0.2) is 34.0 Å². The van der Waals surface area contributed by atoms with Crippen molar-refractivity contribution in [2.75, 3.05) is 13.1 Å². The van der Waals surface area contributed by atoms with E-state index in [0.29, 0.717) is 11.3 Å². The van der Waals surface area contributed by atoms with Crippen LogP contribution in [-0.2, 0) is 0 Å². The van der Waals surface area contributed by atoms with Crippen molar-refractivity contribution < 1.29 is 0 Å². The number of likely N-dealkylation sites (tertiary alicyclic amines) is 1. The minimum absolute atomic E-state index is 0.551. The number of nitrogens with one attached hydrogen (secondary N) is 1. The van der Waals surface area contributed by atoms with Gasteiger partial charge in [-0.1, -0.05) is 26.0 Å². The highest BCUT2D eigenvalue weighted by Crippen LogP contribution is 2.42. The number of nitrogens with zero attached hydrogens (tertiary/aromatic N) is 2. The SMILES string of the molecule is CC1(C)CCC(N2CC(c3nc4ccccc4[nH]3)C2)C1.